The molecule has 2 aliphatic rings. The smallest absolute Gasteiger partial charge is 0.253 e. The number of hydrogen-bond acceptors (Lipinski definition) is 3. The second-order valence-electron chi connectivity index (χ2n) is 5.50. The van der Waals surface area contributed by atoms with Crippen molar-refractivity contribution < 1.29 is 9.53 Å². The maximum absolute atomic E-state index is 12.6. The minimum Gasteiger partial charge on any atom is -0.381 e. The van der Waals surface area contributed by atoms with E-state index in [-0.39, 0.29) is 5.91 Å². The quantitative estimate of drug-likeness (QED) is 0.858. The highest BCUT2D eigenvalue weighted by Gasteiger charge is 2.28. The minimum atomic E-state index is 0.152. The summed E-state index contributed by atoms with van der Waals surface area (Å²) in [7, 11) is 0. The van der Waals surface area contributed by atoms with Crippen LogP contribution in [0.1, 0.15) is 10.4 Å². The van der Waals surface area contributed by atoms with Crippen LogP contribution in [0.5, 0.6) is 0 Å². The molecule has 1 aromatic rings. The number of carbonyl (C=O) groups is 1. The first-order valence-electron chi connectivity index (χ1n) is 6.95. The van der Waals surface area contributed by atoms with E-state index in [2.05, 4.69) is 5.32 Å². The Labute approximate surface area is 113 Å². The first-order valence-corrected chi connectivity index (χ1v) is 6.95. The van der Waals surface area contributed by atoms with Crippen molar-refractivity contribution in [3.63, 3.8) is 0 Å². The maximum atomic E-state index is 12.6. The first kappa shape index (κ1) is 12.6. The molecule has 0 spiro atoms. The van der Waals surface area contributed by atoms with Crippen molar-refractivity contribution in [1.82, 2.24) is 10.2 Å². The molecule has 4 heteroatoms. The molecule has 4 nitrogen and oxygen atoms in total. The molecule has 0 bridgehead atoms. The highest BCUT2D eigenvalue weighted by atomic mass is 16.5. The molecule has 102 valence electrons. The molecule has 3 rings (SSSR count). The molecule has 2 saturated heterocycles. The van der Waals surface area contributed by atoms with Crippen molar-refractivity contribution in [3.8, 4) is 0 Å². The molecule has 2 aliphatic heterocycles. The monoisotopic (exact) mass is 260 g/mol. The summed E-state index contributed by atoms with van der Waals surface area (Å²) in [5.74, 6) is 1.27. The molecular weight excluding hydrogens is 240 g/mol. The SMILES string of the molecule is O=C(c1ccccc1)N(CC1CNC1)CC1COC1. The molecule has 1 aromatic carbocycles. The fraction of sp³-hybridized carbons (Fsp3) is 0.533. The fourth-order valence-corrected chi connectivity index (χ4v) is 2.49. The van der Waals surface area contributed by atoms with Crippen LogP contribution in [0.2, 0.25) is 0 Å². The van der Waals surface area contributed by atoms with Gasteiger partial charge in [-0.05, 0) is 12.1 Å². The van der Waals surface area contributed by atoms with Crippen molar-refractivity contribution in [3.05, 3.63) is 35.9 Å². The molecule has 0 unspecified atom stereocenters. The number of ether oxygens (including phenoxy) is 1. The number of rotatable bonds is 5. The summed E-state index contributed by atoms with van der Waals surface area (Å²) in [6, 6.07) is 9.57. The van der Waals surface area contributed by atoms with Gasteiger partial charge in [0.15, 0.2) is 0 Å². The van der Waals surface area contributed by atoms with Gasteiger partial charge in [0.05, 0.1) is 13.2 Å². The highest BCUT2D eigenvalue weighted by molar-refractivity contribution is 5.94. The summed E-state index contributed by atoms with van der Waals surface area (Å²) in [5, 5.41) is 3.26. The molecule has 0 radical (unpaired) electrons. The summed E-state index contributed by atoms with van der Waals surface area (Å²) < 4.78 is 5.22. The normalized spacial score (nSPS) is 19.6. The van der Waals surface area contributed by atoms with E-state index in [1.54, 1.807) is 0 Å². The van der Waals surface area contributed by atoms with Crippen molar-refractivity contribution in [2.45, 2.75) is 0 Å². The van der Waals surface area contributed by atoms with Gasteiger partial charge in [0.2, 0.25) is 0 Å². The van der Waals surface area contributed by atoms with E-state index in [4.69, 9.17) is 4.74 Å². The number of amides is 1. The summed E-state index contributed by atoms with van der Waals surface area (Å²) in [6.07, 6.45) is 0. The van der Waals surface area contributed by atoms with Crippen LogP contribution in [0.3, 0.4) is 0 Å². The Balaban J connectivity index is 1.67. The summed E-state index contributed by atoms with van der Waals surface area (Å²) >= 11 is 0. The van der Waals surface area contributed by atoms with Crippen molar-refractivity contribution in [2.24, 2.45) is 11.8 Å². The molecular formula is C15H20N2O2. The topological polar surface area (TPSA) is 41.6 Å². The van der Waals surface area contributed by atoms with Crippen molar-refractivity contribution >= 4 is 5.91 Å². The fourth-order valence-electron chi connectivity index (χ4n) is 2.49. The van der Waals surface area contributed by atoms with E-state index in [9.17, 15) is 4.79 Å². The predicted molar refractivity (Wildman–Crippen MR) is 73.0 cm³/mol. The van der Waals surface area contributed by atoms with Gasteiger partial charge in [-0.2, -0.15) is 0 Å². The third-order valence-electron chi connectivity index (χ3n) is 3.84. The Morgan fingerprint density at radius 2 is 1.84 bits per heavy atom. The Bertz CT molecular complexity index is 411. The van der Waals surface area contributed by atoms with Crippen molar-refractivity contribution in [1.29, 1.82) is 0 Å². The van der Waals surface area contributed by atoms with Crippen LogP contribution >= 0.6 is 0 Å². The maximum Gasteiger partial charge on any atom is 0.253 e. The first-order chi connectivity index (χ1) is 9.33. The minimum absolute atomic E-state index is 0.152. The Morgan fingerprint density at radius 1 is 1.16 bits per heavy atom. The average Bonchev–Trinajstić information content (AvgIpc) is 2.35. The molecule has 0 aliphatic carbocycles. The van der Waals surface area contributed by atoms with Crippen LogP contribution < -0.4 is 5.32 Å². The summed E-state index contributed by atoms with van der Waals surface area (Å²) in [5.41, 5.74) is 0.787. The zero-order valence-corrected chi connectivity index (χ0v) is 11.0. The lowest BCUT2D eigenvalue weighted by atomic mass is 10.0. The van der Waals surface area contributed by atoms with Gasteiger partial charge < -0.3 is 15.0 Å². The number of carbonyl (C=O) groups excluding carboxylic acids is 1. The van der Waals surface area contributed by atoms with Gasteiger partial charge in [-0.3, -0.25) is 4.79 Å². The van der Waals surface area contributed by atoms with Crippen molar-refractivity contribution in [2.75, 3.05) is 39.4 Å². The predicted octanol–water partition coefficient (Wildman–Crippen LogP) is 0.995. The lowest BCUT2D eigenvalue weighted by Gasteiger charge is -2.37. The molecule has 0 atom stereocenters. The van der Waals surface area contributed by atoms with E-state index >= 15 is 0 Å². The third-order valence-corrected chi connectivity index (χ3v) is 3.84. The lowest BCUT2D eigenvalue weighted by molar-refractivity contribution is -0.0451. The van der Waals surface area contributed by atoms with Crippen LogP contribution in [-0.2, 0) is 4.74 Å². The van der Waals surface area contributed by atoms with Gasteiger partial charge in [-0.25, -0.2) is 0 Å². The van der Waals surface area contributed by atoms with E-state index in [0.717, 1.165) is 45.0 Å². The van der Waals surface area contributed by atoms with E-state index < -0.39 is 0 Å². The van der Waals surface area contributed by atoms with Gasteiger partial charge in [0.25, 0.3) is 5.91 Å². The van der Waals surface area contributed by atoms with Crippen LogP contribution in [0.4, 0.5) is 0 Å². The Kier molecular flexibility index (Phi) is 3.80. The summed E-state index contributed by atoms with van der Waals surface area (Å²) in [4.78, 5) is 14.6. The molecule has 1 N–H and O–H groups in total. The number of hydrogen-bond donors (Lipinski definition) is 1. The standard InChI is InChI=1S/C15H20N2O2/c18-15(14-4-2-1-3-5-14)17(8-12-6-16-7-12)9-13-10-19-11-13/h1-5,12-13,16H,6-11H2. The van der Waals surface area contributed by atoms with Gasteiger partial charge in [-0.15, -0.1) is 0 Å². The number of nitrogens with zero attached hydrogens (tertiary/aromatic N) is 1. The number of benzene rings is 1. The van der Waals surface area contributed by atoms with E-state index in [1.165, 1.54) is 0 Å². The van der Waals surface area contributed by atoms with Crippen LogP contribution in [0.25, 0.3) is 0 Å². The molecule has 1 amide bonds. The molecule has 19 heavy (non-hydrogen) atoms. The van der Waals surface area contributed by atoms with Gasteiger partial charge >= 0.3 is 0 Å². The van der Waals surface area contributed by atoms with Gasteiger partial charge in [-0.1, -0.05) is 18.2 Å². The zero-order chi connectivity index (χ0) is 13.1. The van der Waals surface area contributed by atoms with E-state index in [0.29, 0.717) is 11.8 Å². The zero-order valence-electron chi connectivity index (χ0n) is 11.0. The molecule has 2 heterocycles. The van der Waals surface area contributed by atoms with E-state index in [1.807, 2.05) is 35.2 Å². The van der Waals surface area contributed by atoms with Crippen LogP contribution in [-0.4, -0.2) is 50.2 Å². The Hall–Kier alpha value is -1.39. The molecule has 0 aromatic heterocycles. The van der Waals surface area contributed by atoms with Crippen LogP contribution in [0, 0.1) is 11.8 Å². The highest BCUT2D eigenvalue weighted by Crippen LogP contribution is 2.17. The molecule has 0 saturated carbocycles. The Morgan fingerprint density at radius 3 is 2.37 bits per heavy atom. The number of nitrogens with one attached hydrogen (secondary N) is 1. The second kappa shape index (κ2) is 5.72. The second-order valence-corrected chi connectivity index (χ2v) is 5.50. The molecule has 2 fully saturated rings. The summed E-state index contributed by atoms with van der Waals surface area (Å²) in [6.45, 7) is 5.32. The lowest BCUT2D eigenvalue weighted by Crippen LogP contribution is -2.51. The van der Waals surface area contributed by atoms with Gasteiger partial charge in [0, 0.05) is 43.6 Å². The average molecular weight is 260 g/mol. The largest absolute Gasteiger partial charge is 0.381 e. The van der Waals surface area contributed by atoms with Gasteiger partial charge in [0.1, 0.15) is 0 Å². The van der Waals surface area contributed by atoms with Crippen LogP contribution in [0.15, 0.2) is 30.3 Å². The third kappa shape index (κ3) is 2.96.